The summed E-state index contributed by atoms with van der Waals surface area (Å²) in [5.41, 5.74) is 7.57. The average Bonchev–Trinajstić information content (AvgIpc) is 2.56. The zero-order valence-electron chi connectivity index (χ0n) is 13.9. The molecule has 2 aromatic rings. The molecule has 0 bridgehead atoms. The highest BCUT2D eigenvalue weighted by Crippen LogP contribution is 2.32. The van der Waals surface area contributed by atoms with Crippen LogP contribution in [-0.4, -0.2) is 27.5 Å². The molecule has 0 aliphatic carbocycles. The largest absolute Gasteiger partial charge is 0.502 e. The van der Waals surface area contributed by atoms with Crippen molar-refractivity contribution in [1.29, 1.82) is 0 Å². The summed E-state index contributed by atoms with van der Waals surface area (Å²) in [7, 11) is 0. The molecule has 2 aromatic carbocycles. The van der Waals surface area contributed by atoms with E-state index in [0.717, 1.165) is 11.1 Å². The van der Waals surface area contributed by atoms with Crippen molar-refractivity contribution in [2.45, 2.75) is 32.5 Å². The maximum Gasteiger partial charge on any atom is 0.311 e. The molecule has 0 spiro atoms. The highest BCUT2D eigenvalue weighted by molar-refractivity contribution is 5.48. The number of nitro groups is 1. The summed E-state index contributed by atoms with van der Waals surface area (Å²) in [5, 5.41) is 20.7. The number of hydrogen-bond acceptors (Lipinski definition) is 5. The summed E-state index contributed by atoms with van der Waals surface area (Å²) in [6.07, 6.45) is 0. The summed E-state index contributed by atoms with van der Waals surface area (Å²) in [6, 6.07) is 14.5. The van der Waals surface area contributed by atoms with Gasteiger partial charge in [0, 0.05) is 31.2 Å². The molecule has 0 aromatic heterocycles. The van der Waals surface area contributed by atoms with Crippen LogP contribution in [0.25, 0.3) is 0 Å². The maximum absolute atomic E-state index is 11.1. The van der Waals surface area contributed by atoms with E-state index in [1.54, 1.807) is 6.07 Å². The monoisotopic (exact) mass is 329 g/mol. The number of benzene rings is 2. The SMILES string of the molecule is CC(C)N(Cc1ccccc1)C(CN)c1ccc(O)c([N+](=O)[O-])c1. The normalized spacial score (nSPS) is 12.5. The summed E-state index contributed by atoms with van der Waals surface area (Å²) >= 11 is 0. The fourth-order valence-corrected chi connectivity index (χ4v) is 2.80. The van der Waals surface area contributed by atoms with E-state index in [4.69, 9.17) is 5.73 Å². The Morgan fingerprint density at radius 3 is 2.42 bits per heavy atom. The summed E-state index contributed by atoms with van der Waals surface area (Å²) in [6.45, 7) is 5.16. The van der Waals surface area contributed by atoms with Crippen molar-refractivity contribution in [2.24, 2.45) is 5.73 Å². The van der Waals surface area contributed by atoms with Gasteiger partial charge in [0.25, 0.3) is 0 Å². The molecule has 0 heterocycles. The van der Waals surface area contributed by atoms with Crippen LogP contribution < -0.4 is 5.73 Å². The Balaban J connectivity index is 2.36. The van der Waals surface area contributed by atoms with Gasteiger partial charge in [-0.15, -0.1) is 0 Å². The third kappa shape index (κ3) is 4.10. The quantitative estimate of drug-likeness (QED) is 0.601. The molecule has 2 rings (SSSR count). The predicted octanol–water partition coefficient (Wildman–Crippen LogP) is 3.21. The van der Waals surface area contributed by atoms with Gasteiger partial charge < -0.3 is 10.8 Å². The van der Waals surface area contributed by atoms with E-state index < -0.39 is 4.92 Å². The molecule has 0 saturated heterocycles. The Morgan fingerprint density at radius 2 is 1.88 bits per heavy atom. The number of phenolic OH excluding ortho intramolecular Hbond substituents is 1. The Labute approximate surface area is 141 Å². The lowest BCUT2D eigenvalue weighted by Gasteiger charge is -2.34. The topological polar surface area (TPSA) is 92.6 Å². The van der Waals surface area contributed by atoms with Crippen LogP contribution in [-0.2, 0) is 6.54 Å². The van der Waals surface area contributed by atoms with Gasteiger partial charge in [-0.3, -0.25) is 15.0 Å². The molecule has 1 atom stereocenters. The Hall–Kier alpha value is -2.44. The van der Waals surface area contributed by atoms with E-state index in [1.165, 1.54) is 12.1 Å². The fraction of sp³-hybridized carbons (Fsp3) is 0.333. The van der Waals surface area contributed by atoms with E-state index in [-0.39, 0.29) is 23.5 Å². The number of nitro benzene ring substituents is 1. The number of rotatable bonds is 7. The van der Waals surface area contributed by atoms with Crippen LogP contribution in [0.4, 0.5) is 5.69 Å². The average molecular weight is 329 g/mol. The zero-order chi connectivity index (χ0) is 17.7. The Kier molecular flexibility index (Phi) is 5.89. The molecule has 0 aliphatic heterocycles. The molecule has 0 radical (unpaired) electrons. The predicted molar refractivity (Wildman–Crippen MR) is 93.7 cm³/mol. The second kappa shape index (κ2) is 7.90. The van der Waals surface area contributed by atoms with Gasteiger partial charge in [-0.25, -0.2) is 0 Å². The molecule has 1 unspecified atom stereocenters. The minimum atomic E-state index is -0.580. The summed E-state index contributed by atoms with van der Waals surface area (Å²) in [4.78, 5) is 12.7. The van der Waals surface area contributed by atoms with Gasteiger partial charge in [0.1, 0.15) is 0 Å². The minimum absolute atomic E-state index is 0.176. The third-order valence-electron chi connectivity index (χ3n) is 4.08. The first-order valence-electron chi connectivity index (χ1n) is 7.91. The van der Waals surface area contributed by atoms with Gasteiger partial charge in [-0.1, -0.05) is 36.4 Å². The molecule has 6 nitrogen and oxygen atoms in total. The van der Waals surface area contributed by atoms with E-state index >= 15 is 0 Å². The van der Waals surface area contributed by atoms with Crippen molar-refractivity contribution < 1.29 is 10.0 Å². The molecule has 24 heavy (non-hydrogen) atoms. The third-order valence-corrected chi connectivity index (χ3v) is 4.08. The van der Waals surface area contributed by atoms with Crippen molar-refractivity contribution in [2.75, 3.05) is 6.54 Å². The summed E-state index contributed by atoms with van der Waals surface area (Å²) in [5.74, 6) is -0.335. The van der Waals surface area contributed by atoms with E-state index in [9.17, 15) is 15.2 Å². The molecule has 3 N–H and O–H groups in total. The number of phenols is 1. The maximum atomic E-state index is 11.1. The van der Waals surface area contributed by atoms with Gasteiger partial charge >= 0.3 is 5.69 Å². The summed E-state index contributed by atoms with van der Waals surface area (Å²) < 4.78 is 0. The van der Waals surface area contributed by atoms with Gasteiger partial charge in [-0.05, 0) is 31.0 Å². The van der Waals surface area contributed by atoms with Crippen LogP contribution in [0.1, 0.15) is 31.0 Å². The van der Waals surface area contributed by atoms with Crippen molar-refractivity contribution in [3.8, 4) is 5.75 Å². The smallest absolute Gasteiger partial charge is 0.311 e. The van der Waals surface area contributed by atoms with Crippen LogP contribution in [0.5, 0.6) is 5.75 Å². The van der Waals surface area contributed by atoms with Gasteiger partial charge in [-0.2, -0.15) is 0 Å². The first kappa shape index (κ1) is 17.9. The van der Waals surface area contributed by atoms with Crippen molar-refractivity contribution in [3.05, 3.63) is 69.8 Å². The molecule has 0 saturated carbocycles. The Morgan fingerprint density at radius 1 is 1.21 bits per heavy atom. The van der Waals surface area contributed by atoms with Crippen molar-refractivity contribution in [3.63, 3.8) is 0 Å². The van der Waals surface area contributed by atoms with E-state index in [2.05, 4.69) is 18.7 Å². The van der Waals surface area contributed by atoms with Crippen LogP contribution >= 0.6 is 0 Å². The Bertz CT molecular complexity index is 689. The lowest BCUT2D eigenvalue weighted by molar-refractivity contribution is -0.386. The second-order valence-electron chi connectivity index (χ2n) is 6.01. The standard InChI is InChI=1S/C18H23N3O3/c1-13(2)20(12-14-6-4-3-5-7-14)17(11-19)15-8-9-18(22)16(10-15)21(23)24/h3-10,13,17,22H,11-12,19H2,1-2H3. The number of hydrogen-bond donors (Lipinski definition) is 2. The first-order valence-corrected chi connectivity index (χ1v) is 7.91. The highest BCUT2D eigenvalue weighted by Gasteiger charge is 2.25. The van der Waals surface area contributed by atoms with Crippen LogP contribution in [0.15, 0.2) is 48.5 Å². The first-order chi connectivity index (χ1) is 11.4. The molecule has 128 valence electrons. The molecule has 0 fully saturated rings. The lowest BCUT2D eigenvalue weighted by Crippen LogP contribution is -2.38. The molecular formula is C18H23N3O3. The van der Waals surface area contributed by atoms with E-state index in [1.807, 2.05) is 30.3 Å². The highest BCUT2D eigenvalue weighted by atomic mass is 16.6. The van der Waals surface area contributed by atoms with Gasteiger partial charge in [0.2, 0.25) is 0 Å². The molecule has 0 aliphatic rings. The van der Waals surface area contributed by atoms with Crippen LogP contribution in [0.3, 0.4) is 0 Å². The number of aromatic hydroxyl groups is 1. The number of nitrogens with zero attached hydrogens (tertiary/aromatic N) is 2. The fourth-order valence-electron chi connectivity index (χ4n) is 2.80. The van der Waals surface area contributed by atoms with Gasteiger partial charge in [0.15, 0.2) is 5.75 Å². The van der Waals surface area contributed by atoms with Gasteiger partial charge in [0.05, 0.1) is 4.92 Å². The van der Waals surface area contributed by atoms with Crippen LogP contribution in [0, 0.1) is 10.1 Å². The molecular weight excluding hydrogens is 306 g/mol. The molecule has 6 heteroatoms. The van der Waals surface area contributed by atoms with Crippen molar-refractivity contribution >= 4 is 5.69 Å². The zero-order valence-corrected chi connectivity index (χ0v) is 13.9. The minimum Gasteiger partial charge on any atom is -0.502 e. The number of nitrogens with two attached hydrogens (primary N) is 1. The lowest BCUT2D eigenvalue weighted by atomic mass is 10.0. The van der Waals surface area contributed by atoms with E-state index in [0.29, 0.717) is 13.1 Å². The van der Waals surface area contributed by atoms with Crippen molar-refractivity contribution in [1.82, 2.24) is 4.90 Å². The second-order valence-corrected chi connectivity index (χ2v) is 6.01. The van der Waals surface area contributed by atoms with Crippen LogP contribution in [0.2, 0.25) is 0 Å². The molecule has 0 amide bonds.